The van der Waals surface area contributed by atoms with Crippen molar-refractivity contribution in [1.82, 2.24) is 9.97 Å². The van der Waals surface area contributed by atoms with Crippen LogP contribution in [0.1, 0.15) is 6.92 Å². The Morgan fingerprint density at radius 1 is 1.20 bits per heavy atom. The van der Waals surface area contributed by atoms with Crippen LogP contribution in [0.5, 0.6) is 0 Å². The minimum absolute atomic E-state index is 0.00917. The molecule has 0 spiro atoms. The lowest BCUT2D eigenvalue weighted by atomic mass is 10.3. The molecule has 0 atom stereocenters. The standard InChI is InChI=1S/C12H13BrN4O2S/c1-2-14-12-15-7-9(8-16-12)20(18,19)17-11-6-4-3-5-10(11)13/h3-8,17H,2H2,1H3,(H,14,15,16). The molecular formula is C12H13BrN4O2S. The molecule has 2 aromatic rings. The van der Waals surface area contributed by atoms with Gasteiger partial charge in [0.2, 0.25) is 5.95 Å². The predicted octanol–water partition coefficient (Wildman–Crippen LogP) is 2.47. The fraction of sp³-hybridized carbons (Fsp3) is 0.167. The molecule has 0 saturated heterocycles. The summed E-state index contributed by atoms with van der Waals surface area (Å²) < 4.78 is 27.5. The zero-order valence-corrected chi connectivity index (χ0v) is 13.1. The van der Waals surface area contributed by atoms with Crippen LogP contribution in [0.25, 0.3) is 0 Å². The van der Waals surface area contributed by atoms with Crippen molar-refractivity contribution < 1.29 is 8.42 Å². The molecule has 0 amide bonds. The molecule has 0 aliphatic rings. The Bertz CT molecular complexity index is 689. The number of nitrogens with one attached hydrogen (secondary N) is 2. The molecule has 0 aliphatic heterocycles. The van der Waals surface area contributed by atoms with E-state index < -0.39 is 10.0 Å². The largest absolute Gasteiger partial charge is 0.355 e. The molecule has 0 aliphatic carbocycles. The summed E-state index contributed by atoms with van der Waals surface area (Å²) in [5, 5.41) is 2.90. The van der Waals surface area contributed by atoms with Gasteiger partial charge in [0.25, 0.3) is 10.0 Å². The number of benzene rings is 1. The van der Waals surface area contributed by atoms with Gasteiger partial charge in [0.15, 0.2) is 0 Å². The van der Waals surface area contributed by atoms with Gasteiger partial charge in [-0.25, -0.2) is 18.4 Å². The summed E-state index contributed by atoms with van der Waals surface area (Å²) >= 11 is 3.29. The van der Waals surface area contributed by atoms with Crippen molar-refractivity contribution in [3.8, 4) is 0 Å². The minimum Gasteiger partial charge on any atom is -0.355 e. The topological polar surface area (TPSA) is 84.0 Å². The van der Waals surface area contributed by atoms with Crippen LogP contribution in [-0.4, -0.2) is 24.9 Å². The van der Waals surface area contributed by atoms with Gasteiger partial charge in [-0.3, -0.25) is 4.72 Å². The highest BCUT2D eigenvalue weighted by molar-refractivity contribution is 9.10. The molecule has 8 heteroatoms. The molecule has 20 heavy (non-hydrogen) atoms. The molecule has 1 aromatic heterocycles. The van der Waals surface area contributed by atoms with E-state index in [1.807, 2.05) is 6.92 Å². The van der Waals surface area contributed by atoms with Gasteiger partial charge in [0.1, 0.15) is 4.90 Å². The van der Waals surface area contributed by atoms with Crippen LogP contribution in [0.15, 0.2) is 46.0 Å². The molecule has 0 unspecified atom stereocenters. The van der Waals surface area contributed by atoms with Gasteiger partial charge in [-0.15, -0.1) is 0 Å². The number of anilines is 2. The Morgan fingerprint density at radius 2 is 1.85 bits per heavy atom. The van der Waals surface area contributed by atoms with Crippen molar-refractivity contribution in [1.29, 1.82) is 0 Å². The van der Waals surface area contributed by atoms with Gasteiger partial charge >= 0.3 is 0 Å². The monoisotopic (exact) mass is 356 g/mol. The Hall–Kier alpha value is -1.67. The SMILES string of the molecule is CCNc1ncc(S(=O)(=O)Nc2ccccc2Br)cn1. The molecule has 0 bridgehead atoms. The van der Waals surface area contributed by atoms with Crippen molar-refractivity contribution in [2.24, 2.45) is 0 Å². The van der Waals surface area contributed by atoms with Crippen LogP contribution in [0, 0.1) is 0 Å². The van der Waals surface area contributed by atoms with Gasteiger partial charge in [0.05, 0.1) is 18.1 Å². The first-order chi connectivity index (χ1) is 9.53. The number of hydrogen-bond acceptors (Lipinski definition) is 5. The van der Waals surface area contributed by atoms with Crippen LogP contribution in [0.4, 0.5) is 11.6 Å². The smallest absolute Gasteiger partial charge is 0.265 e. The van der Waals surface area contributed by atoms with Crippen LogP contribution >= 0.6 is 15.9 Å². The number of para-hydroxylation sites is 1. The third-order valence-electron chi connectivity index (χ3n) is 2.39. The van der Waals surface area contributed by atoms with Gasteiger partial charge in [-0.2, -0.15) is 0 Å². The summed E-state index contributed by atoms with van der Waals surface area (Å²) in [6.45, 7) is 2.57. The fourth-order valence-corrected chi connectivity index (χ4v) is 2.94. The molecule has 0 fully saturated rings. The molecular weight excluding hydrogens is 344 g/mol. The maximum atomic E-state index is 12.2. The van der Waals surface area contributed by atoms with Crippen molar-refractivity contribution in [3.63, 3.8) is 0 Å². The highest BCUT2D eigenvalue weighted by Gasteiger charge is 2.16. The maximum absolute atomic E-state index is 12.2. The fourth-order valence-electron chi connectivity index (χ4n) is 1.45. The number of rotatable bonds is 5. The van der Waals surface area contributed by atoms with Crippen molar-refractivity contribution in [2.75, 3.05) is 16.6 Å². The van der Waals surface area contributed by atoms with E-state index in [1.54, 1.807) is 24.3 Å². The maximum Gasteiger partial charge on any atom is 0.265 e. The molecule has 1 aromatic carbocycles. The molecule has 6 nitrogen and oxygen atoms in total. The average Bonchev–Trinajstić information content (AvgIpc) is 2.42. The second-order valence-corrected chi connectivity index (χ2v) is 6.39. The lowest BCUT2D eigenvalue weighted by molar-refractivity contribution is 0.600. The number of sulfonamides is 1. The van der Waals surface area contributed by atoms with Crippen molar-refractivity contribution in [3.05, 3.63) is 41.1 Å². The van der Waals surface area contributed by atoms with Crippen LogP contribution in [0.2, 0.25) is 0 Å². The average molecular weight is 357 g/mol. The van der Waals surface area contributed by atoms with Gasteiger partial charge in [0, 0.05) is 11.0 Å². The second-order valence-electron chi connectivity index (χ2n) is 3.86. The normalized spacial score (nSPS) is 11.1. The number of aromatic nitrogens is 2. The number of hydrogen-bond donors (Lipinski definition) is 2. The molecule has 0 saturated carbocycles. The van der Waals surface area contributed by atoms with Crippen LogP contribution in [-0.2, 0) is 10.0 Å². The Labute approximate surface area is 125 Å². The van der Waals surface area contributed by atoms with E-state index in [2.05, 4.69) is 35.9 Å². The van der Waals surface area contributed by atoms with Crippen LogP contribution in [0.3, 0.4) is 0 Å². The Kier molecular flexibility index (Phi) is 4.56. The minimum atomic E-state index is -3.70. The second kappa shape index (κ2) is 6.19. The molecule has 1 heterocycles. The lowest BCUT2D eigenvalue weighted by Gasteiger charge is -2.09. The summed E-state index contributed by atoms with van der Waals surface area (Å²) in [7, 11) is -3.70. The van der Waals surface area contributed by atoms with Crippen molar-refractivity contribution in [2.45, 2.75) is 11.8 Å². The zero-order valence-electron chi connectivity index (χ0n) is 10.7. The highest BCUT2D eigenvalue weighted by Crippen LogP contribution is 2.24. The van der Waals surface area contributed by atoms with Gasteiger partial charge in [-0.1, -0.05) is 12.1 Å². The molecule has 2 rings (SSSR count). The third kappa shape index (κ3) is 3.45. The number of nitrogens with zero attached hydrogens (tertiary/aromatic N) is 2. The zero-order chi connectivity index (χ0) is 14.6. The molecule has 2 N–H and O–H groups in total. The van der Waals surface area contributed by atoms with Gasteiger partial charge < -0.3 is 5.32 Å². The van der Waals surface area contributed by atoms with E-state index in [-0.39, 0.29) is 4.90 Å². The summed E-state index contributed by atoms with van der Waals surface area (Å²) in [4.78, 5) is 7.90. The highest BCUT2D eigenvalue weighted by atomic mass is 79.9. The first kappa shape index (κ1) is 14.7. The summed E-state index contributed by atoms with van der Waals surface area (Å²) in [6.07, 6.45) is 2.54. The summed E-state index contributed by atoms with van der Waals surface area (Å²) in [6, 6.07) is 6.96. The van der Waals surface area contributed by atoms with E-state index >= 15 is 0 Å². The van der Waals surface area contributed by atoms with Crippen molar-refractivity contribution >= 4 is 37.6 Å². The van der Waals surface area contributed by atoms with E-state index in [4.69, 9.17) is 0 Å². The molecule has 0 radical (unpaired) electrons. The first-order valence-electron chi connectivity index (χ1n) is 5.86. The van der Waals surface area contributed by atoms with E-state index in [9.17, 15) is 8.42 Å². The van der Waals surface area contributed by atoms with E-state index in [0.717, 1.165) is 0 Å². The summed E-state index contributed by atoms with van der Waals surface area (Å²) in [5.74, 6) is 0.396. The Balaban J connectivity index is 2.24. The summed E-state index contributed by atoms with van der Waals surface area (Å²) in [5.41, 5.74) is 0.461. The lowest BCUT2D eigenvalue weighted by Crippen LogP contribution is -2.14. The van der Waals surface area contributed by atoms with Gasteiger partial charge in [-0.05, 0) is 35.0 Å². The molecule has 106 valence electrons. The van der Waals surface area contributed by atoms with E-state index in [0.29, 0.717) is 22.7 Å². The Morgan fingerprint density at radius 3 is 2.45 bits per heavy atom. The number of halogens is 1. The third-order valence-corrected chi connectivity index (χ3v) is 4.40. The predicted molar refractivity (Wildman–Crippen MR) is 81.1 cm³/mol. The first-order valence-corrected chi connectivity index (χ1v) is 8.14. The quantitative estimate of drug-likeness (QED) is 0.859. The van der Waals surface area contributed by atoms with E-state index in [1.165, 1.54) is 12.4 Å². The van der Waals surface area contributed by atoms with Crippen LogP contribution < -0.4 is 10.0 Å².